The molecule has 1 fully saturated rings. The maximum atomic E-state index is 13.0. The number of pyridine rings is 1. The molecule has 0 aliphatic heterocycles. The SMILES string of the molecule is CC.CC(=O)c1cc(F)cnc1Oc1cccc(P)c1.CC=O.CCO.CNC1CCC(C)CC1. The summed E-state index contributed by atoms with van der Waals surface area (Å²) in [5.41, 5.74) is 0.129. The number of nitrogens with zero attached hydrogens (tertiary/aromatic N) is 1. The molecule has 0 radical (unpaired) electrons. The van der Waals surface area contributed by atoms with E-state index >= 15 is 0 Å². The number of ketones is 1. The summed E-state index contributed by atoms with van der Waals surface area (Å²) in [4.78, 5) is 24.0. The Morgan fingerprint density at radius 1 is 1.26 bits per heavy atom. The van der Waals surface area contributed by atoms with Gasteiger partial charge in [0.2, 0.25) is 5.88 Å². The van der Waals surface area contributed by atoms with Crippen LogP contribution in [0, 0.1) is 11.7 Å². The molecule has 0 spiro atoms. The zero-order valence-electron chi connectivity index (χ0n) is 22.3. The van der Waals surface area contributed by atoms with Gasteiger partial charge in [0.05, 0.1) is 11.8 Å². The molecule has 1 aromatic carbocycles. The van der Waals surface area contributed by atoms with E-state index in [0.717, 1.165) is 35.8 Å². The number of ether oxygens (including phenoxy) is 1. The number of aliphatic hydroxyl groups excluding tert-OH is 1. The lowest BCUT2D eigenvalue weighted by atomic mass is 9.87. The molecule has 0 saturated heterocycles. The minimum absolute atomic E-state index is 0.111. The Bertz CT molecular complexity index is 829. The molecule has 1 atom stereocenters. The average molecular weight is 511 g/mol. The van der Waals surface area contributed by atoms with Crippen LogP contribution in [0.3, 0.4) is 0 Å². The summed E-state index contributed by atoms with van der Waals surface area (Å²) in [5.74, 6) is 0.782. The fourth-order valence-corrected chi connectivity index (χ4v) is 3.27. The summed E-state index contributed by atoms with van der Waals surface area (Å²) < 4.78 is 18.5. The van der Waals surface area contributed by atoms with Crippen molar-refractivity contribution in [2.24, 2.45) is 5.92 Å². The molecule has 35 heavy (non-hydrogen) atoms. The molecule has 1 aliphatic carbocycles. The van der Waals surface area contributed by atoms with Gasteiger partial charge in [0.1, 0.15) is 17.9 Å². The molecule has 3 rings (SSSR count). The van der Waals surface area contributed by atoms with Crippen LogP contribution >= 0.6 is 9.24 Å². The number of aldehydes is 1. The van der Waals surface area contributed by atoms with Gasteiger partial charge in [-0.1, -0.05) is 32.9 Å². The van der Waals surface area contributed by atoms with E-state index in [1.807, 2.05) is 26.0 Å². The van der Waals surface area contributed by atoms with E-state index in [0.29, 0.717) is 5.75 Å². The summed E-state index contributed by atoms with van der Waals surface area (Å²) in [6.45, 7) is 11.1. The predicted molar refractivity (Wildman–Crippen MR) is 146 cm³/mol. The number of carbonyl (C=O) groups is 2. The van der Waals surface area contributed by atoms with E-state index in [1.165, 1.54) is 39.5 Å². The van der Waals surface area contributed by atoms with Crippen molar-refractivity contribution in [2.75, 3.05) is 13.7 Å². The Balaban J connectivity index is 0. The van der Waals surface area contributed by atoms with Gasteiger partial charge in [-0.25, -0.2) is 9.37 Å². The fourth-order valence-electron chi connectivity index (χ4n) is 3.00. The van der Waals surface area contributed by atoms with Crippen LogP contribution in [0.2, 0.25) is 0 Å². The van der Waals surface area contributed by atoms with E-state index < -0.39 is 5.82 Å². The molecule has 1 unspecified atom stereocenters. The van der Waals surface area contributed by atoms with Crippen molar-refractivity contribution in [3.8, 4) is 11.6 Å². The van der Waals surface area contributed by atoms with E-state index in [9.17, 15) is 9.18 Å². The third-order valence-electron chi connectivity index (χ3n) is 4.69. The molecule has 1 aliphatic rings. The highest BCUT2D eigenvalue weighted by atomic mass is 31.0. The number of halogens is 1. The first-order chi connectivity index (χ1) is 16.7. The third-order valence-corrected chi connectivity index (χ3v) is 5.05. The number of hydrogen-bond donors (Lipinski definition) is 2. The molecule has 1 saturated carbocycles. The second-order valence-electron chi connectivity index (χ2n) is 7.53. The Morgan fingerprint density at radius 3 is 2.26 bits per heavy atom. The zero-order chi connectivity index (χ0) is 27.2. The quantitative estimate of drug-likeness (QED) is 0.310. The molecule has 1 aromatic heterocycles. The lowest BCUT2D eigenvalue weighted by Gasteiger charge is -2.25. The van der Waals surface area contributed by atoms with Crippen molar-refractivity contribution in [1.29, 1.82) is 0 Å². The molecule has 0 bridgehead atoms. The summed E-state index contributed by atoms with van der Waals surface area (Å²) >= 11 is 0. The molecule has 198 valence electrons. The number of aromatic nitrogens is 1. The number of rotatable bonds is 4. The van der Waals surface area contributed by atoms with Gasteiger partial charge in [-0.05, 0) is 82.9 Å². The fraction of sp³-hybridized carbons (Fsp3) is 0.519. The van der Waals surface area contributed by atoms with Gasteiger partial charge in [0.25, 0.3) is 0 Å². The van der Waals surface area contributed by atoms with Crippen molar-refractivity contribution in [3.05, 3.63) is 47.9 Å². The van der Waals surface area contributed by atoms with Gasteiger partial charge in [-0.3, -0.25) is 4.79 Å². The summed E-state index contributed by atoms with van der Waals surface area (Å²) in [5, 5.41) is 11.8. The minimum atomic E-state index is -0.563. The van der Waals surface area contributed by atoms with E-state index in [2.05, 4.69) is 33.5 Å². The van der Waals surface area contributed by atoms with Crippen molar-refractivity contribution in [3.63, 3.8) is 0 Å². The van der Waals surface area contributed by atoms with Gasteiger partial charge in [-0.15, -0.1) is 9.24 Å². The maximum Gasteiger partial charge on any atom is 0.230 e. The molecular formula is C27H44FN2O4P. The zero-order valence-corrected chi connectivity index (χ0v) is 23.5. The van der Waals surface area contributed by atoms with Crippen molar-refractivity contribution >= 4 is 26.6 Å². The molecular weight excluding hydrogens is 466 g/mol. The first-order valence-electron chi connectivity index (χ1n) is 12.1. The van der Waals surface area contributed by atoms with Crippen LogP contribution in [0.1, 0.15) is 77.6 Å². The van der Waals surface area contributed by atoms with Crippen LogP contribution in [0.15, 0.2) is 36.5 Å². The monoisotopic (exact) mass is 510 g/mol. The van der Waals surface area contributed by atoms with Crippen LogP contribution in [0.5, 0.6) is 11.6 Å². The van der Waals surface area contributed by atoms with Crippen LogP contribution in [0.4, 0.5) is 4.39 Å². The van der Waals surface area contributed by atoms with Crippen molar-refractivity contribution < 1.29 is 23.8 Å². The highest BCUT2D eigenvalue weighted by Gasteiger charge is 2.15. The Morgan fingerprint density at radius 2 is 1.80 bits per heavy atom. The van der Waals surface area contributed by atoms with Gasteiger partial charge >= 0.3 is 0 Å². The van der Waals surface area contributed by atoms with E-state index in [4.69, 9.17) is 14.6 Å². The normalized spacial score (nSPS) is 15.7. The summed E-state index contributed by atoms with van der Waals surface area (Å²) in [6, 6.07) is 9.16. The van der Waals surface area contributed by atoms with E-state index in [1.54, 1.807) is 19.1 Å². The Labute approximate surface area is 213 Å². The highest BCUT2D eigenvalue weighted by molar-refractivity contribution is 7.27. The molecule has 0 amide bonds. The Hall–Kier alpha value is -2.21. The standard InChI is InChI=1S/C13H11FNO2P.C8H17N.C2H6O.C2H4O.C2H6/c1-8(16)12-5-9(14)7-15-13(12)17-10-3-2-4-11(18)6-10;1-7-3-5-8(9-2)6-4-7;2*1-2-3;1-2/h2-7H,18H2,1H3;7-9H,3-6H2,1-2H3;3H,2H2,1H3;2H,1H3;1-2H3. The summed E-state index contributed by atoms with van der Waals surface area (Å²) in [6.07, 6.45) is 7.39. The number of nitrogens with one attached hydrogen (secondary N) is 1. The summed E-state index contributed by atoms with van der Waals surface area (Å²) in [7, 11) is 4.61. The first-order valence-corrected chi connectivity index (χ1v) is 12.7. The molecule has 1 heterocycles. The largest absolute Gasteiger partial charge is 0.438 e. The lowest BCUT2D eigenvalue weighted by molar-refractivity contribution is -0.106. The van der Waals surface area contributed by atoms with Crippen LogP contribution in [-0.2, 0) is 4.79 Å². The van der Waals surface area contributed by atoms with Crippen molar-refractivity contribution in [1.82, 2.24) is 10.3 Å². The smallest absolute Gasteiger partial charge is 0.230 e. The van der Waals surface area contributed by atoms with Crippen LogP contribution in [0.25, 0.3) is 0 Å². The number of carbonyl (C=O) groups excluding carboxylic acids is 2. The molecule has 6 nitrogen and oxygen atoms in total. The molecule has 2 aromatic rings. The topological polar surface area (TPSA) is 88.5 Å². The van der Waals surface area contributed by atoms with Crippen LogP contribution in [-0.4, -0.2) is 41.9 Å². The van der Waals surface area contributed by atoms with Crippen LogP contribution < -0.4 is 15.4 Å². The lowest BCUT2D eigenvalue weighted by Crippen LogP contribution is -2.29. The van der Waals surface area contributed by atoms with Gasteiger partial charge in [0.15, 0.2) is 5.78 Å². The molecule has 8 heteroatoms. The third kappa shape index (κ3) is 17.0. The number of hydrogen-bond acceptors (Lipinski definition) is 6. The second kappa shape index (κ2) is 22.3. The Kier molecular flexibility index (Phi) is 22.2. The van der Waals surface area contributed by atoms with Gasteiger partial charge in [0, 0.05) is 12.6 Å². The number of benzene rings is 1. The van der Waals surface area contributed by atoms with Gasteiger partial charge in [-0.2, -0.15) is 0 Å². The minimum Gasteiger partial charge on any atom is -0.438 e. The van der Waals surface area contributed by atoms with Crippen molar-refractivity contribution in [2.45, 2.75) is 73.3 Å². The number of Topliss-reactive ketones (excluding diaryl/α,β-unsaturated/α-hetero) is 1. The van der Waals surface area contributed by atoms with E-state index in [-0.39, 0.29) is 23.8 Å². The maximum absolute atomic E-state index is 13.0. The first kappa shape index (κ1) is 35.0. The molecule has 2 N–H and O–H groups in total. The second-order valence-corrected chi connectivity index (χ2v) is 8.20. The predicted octanol–water partition coefficient (Wildman–Crippen LogP) is 5.73. The average Bonchev–Trinajstić information content (AvgIpc) is 2.83. The number of aliphatic hydroxyl groups is 1. The highest BCUT2D eigenvalue weighted by Crippen LogP contribution is 2.24. The van der Waals surface area contributed by atoms with Gasteiger partial charge < -0.3 is 20.0 Å².